The summed E-state index contributed by atoms with van der Waals surface area (Å²) in [6, 6.07) is 13.3. The van der Waals surface area contributed by atoms with E-state index >= 15 is 0 Å². The van der Waals surface area contributed by atoms with Crippen molar-refractivity contribution >= 4 is 28.6 Å². The third kappa shape index (κ3) is 3.14. The number of amides is 3. The number of hydrogen-bond acceptors (Lipinski definition) is 4. The number of benzene rings is 2. The minimum Gasteiger partial charge on any atom is -0.361 e. The zero-order valence-electron chi connectivity index (χ0n) is 18.0. The van der Waals surface area contributed by atoms with Crippen LogP contribution < -0.4 is 5.32 Å². The van der Waals surface area contributed by atoms with Crippen LogP contribution in [0.1, 0.15) is 28.8 Å². The predicted octanol–water partition coefficient (Wildman–Crippen LogP) is 3.00. The lowest BCUT2D eigenvalue weighted by atomic mass is 10.0. The Morgan fingerprint density at radius 3 is 2.73 bits per heavy atom. The van der Waals surface area contributed by atoms with Gasteiger partial charge in [0, 0.05) is 60.0 Å². The molecule has 6 rings (SSSR count). The molecular formula is C25H21N5O3. The van der Waals surface area contributed by atoms with Gasteiger partial charge in [-0.3, -0.25) is 19.7 Å². The Morgan fingerprint density at radius 2 is 1.88 bits per heavy atom. The summed E-state index contributed by atoms with van der Waals surface area (Å²) in [6.45, 7) is 0.345. The fraction of sp³-hybridized carbons (Fsp3) is 0.200. The third-order valence-corrected chi connectivity index (χ3v) is 6.51. The molecule has 0 aliphatic carbocycles. The Kier molecular flexibility index (Phi) is 4.23. The second-order valence-corrected chi connectivity index (χ2v) is 8.61. The summed E-state index contributed by atoms with van der Waals surface area (Å²) in [5, 5.41) is 3.46. The van der Waals surface area contributed by atoms with Gasteiger partial charge in [0.15, 0.2) is 0 Å². The zero-order chi connectivity index (χ0) is 22.7. The van der Waals surface area contributed by atoms with Crippen molar-refractivity contribution in [2.75, 3.05) is 0 Å². The van der Waals surface area contributed by atoms with Crippen LogP contribution in [0.2, 0.25) is 0 Å². The molecule has 164 valence electrons. The number of aryl methyl sites for hydroxylation is 1. The molecule has 8 nitrogen and oxygen atoms in total. The Bertz CT molecular complexity index is 1460. The Hall–Kier alpha value is -4.20. The van der Waals surface area contributed by atoms with E-state index in [1.54, 1.807) is 11.0 Å². The summed E-state index contributed by atoms with van der Waals surface area (Å²) in [7, 11) is 1.97. The maximum absolute atomic E-state index is 12.9. The van der Waals surface area contributed by atoms with Gasteiger partial charge >= 0.3 is 0 Å². The van der Waals surface area contributed by atoms with Gasteiger partial charge in [0.1, 0.15) is 11.9 Å². The number of hydrogen-bond donors (Lipinski definition) is 2. The highest BCUT2D eigenvalue weighted by molar-refractivity contribution is 6.05. The number of aromatic amines is 1. The highest BCUT2D eigenvalue weighted by Crippen LogP contribution is 2.32. The standard InChI is InChI=1S/C25H21N5O3/c1-29-13-20(27-23(29)16-3-5-19-15(10-16)8-9-26-19)14-2-4-18-17(11-14)12-30(25(18)33)21-6-7-22(31)28-24(21)32/h2-5,8-11,13,21,26H,6-7,12H2,1H3,(H,28,31,32). The van der Waals surface area contributed by atoms with Gasteiger partial charge in [-0.25, -0.2) is 4.98 Å². The molecule has 2 N–H and O–H groups in total. The number of imide groups is 1. The second-order valence-electron chi connectivity index (χ2n) is 8.61. The smallest absolute Gasteiger partial charge is 0.255 e. The molecule has 0 bridgehead atoms. The van der Waals surface area contributed by atoms with E-state index in [2.05, 4.69) is 16.4 Å². The first kappa shape index (κ1) is 19.5. The summed E-state index contributed by atoms with van der Waals surface area (Å²) in [5.41, 5.74) is 5.29. The van der Waals surface area contributed by atoms with Gasteiger partial charge in [-0.1, -0.05) is 6.07 Å². The van der Waals surface area contributed by atoms with Crippen LogP contribution in [-0.4, -0.2) is 43.2 Å². The fourth-order valence-electron chi connectivity index (χ4n) is 4.80. The molecular weight excluding hydrogens is 418 g/mol. The molecule has 0 spiro atoms. The van der Waals surface area contributed by atoms with Crippen molar-refractivity contribution in [3.05, 3.63) is 66.0 Å². The lowest BCUT2D eigenvalue weighted by molar-refractivity contribution is -0.136. The molecule has 3 amide bonds. The lowest BCUT2D eigenvalue weighted by Crippen LogP contribution is -2.52. The highest BCUT2D eigenvalue weighted by atomic mass is 16.2. The average Bonchev–Trinajstić information content (AvgIpc) is 3.50. The van der Waals surface area contributed by atoms with Gasteiger partial charge in [0.2, 0.25) is 11.8 Å². The number of aromatic nitrogens is 3. The number of carbonyl (C=O) groups is 3. The van der Waals surface area contributed by atoms with Crippen LogP contribution in [-0.2, 0) is 23.2 Å². The molecule has 8 heteroatoms. The second kappa shape index (κ2) is 7.16. The zero-order valence-corrected chi connectivity index (χ0v) is 18.0. The van der Waals surface area contributed by atoms with E-state index in [1.807, 2.05) is 54.3 Å². The molecule has 0 saturated carbocycles. The SMILES string of the molecule is Cn1cc(-c2ccc3c(c2)CN(C2CCC(=O)NC2=O)C3=O)nc1-c1ccc2[nH]ccc2c1. The van der Waals surface area contributed by atoms with Crippen molar-refractivity contribution in [2.24, 2.45) is 7.05 Å². The maximum Gasteiger partial charge on any atom is 0.255 e. The maximum atomic E-state index is 12.9. The van der Waals surface area contributed by atoms with E-state index in [-0.39, 0.29) is 18.2 Å². The number of nitrogens with zero attached hydrogens (tertiary/aromatic N) is 3. The van der Waals surface area contributed by atoms with Crippen LogP contribution in [0.5, 0.6) is 0 Å². The fourth-order valence-corrected chi connectivity index (χ4v) is 4.80. The van der Waals surface area contributed by atoms with Gasteiger partial charge < -0.3 is 14.5 Å². The predicted molar refractivity (Wildman–Crippen MR) is 122 cm³/mol. The molecule has 2 aliphatic heterocycles. The van der Waals surface area contributed by atoms with Gasteiger partial charge in [-0.2, -0.15) is 0 Å². The first-order valence-electron chi connectivity index (χ1n) is 10.9. The van der Waals surface area contributed by atoms with Gasteiger partial charge in [0.25, 0.3) is 5.91 Å². The topological polar surface area (TPSA) is 100 Å². The van der Waals surface area contributed by atoms with Gasteiger partial charge in [-0.15, -0.1) is 0 Å². The minimum absolute atomic E-state index is 0.174. The highest BCUT2D eigenvalue weighted by Gasteiger charge is 2.39. The van der Waals surface area contributed by atoms with Crippen LogP contribution in [0.25, 0.3) is 33.5 Å². The van der Waals surface area contributed by atoms with Crippen LogP contribution in [0.15, 0.2) is 54.9 Å². The van der Waals surface area contributed by atoms with E-state index in [9.17, 15) is 14.4 Å². The summed E-state index contributed by atoms with van der Waals surface area (Å²) in [5.74, 6) is -0.00638. The number of piperidine rings is 1. The number of fused-ring (bicyclic) bond motifs is 2. The van der Waals surface area contributed by atoms with Crippen molar-refractivity contribution < 1.29 is 14.4 Å². The van der Waals surface area contributed by atoms with Crippen molar-refractivity contribution in [3.63, 3.8) is 0 Å². The Labute approximate surface area is 189 Å². The molecule has 4 aromatic rings. The average molecular weight is 439 g/mol. The van der Waals surface area contributed by atoms with Crippen LogP contribution in [0.3, 0.4) is 0 Å². The van der Waals surface area contributed by atoms with E-state index < -0.39 is 11.9 Å². The van der Waals surface area contributed by atoms with E-state index in [1.165, 1.54) is 0 Å². The molecule has 2 aliphatic rings. The molecule has 0 radical (unpaired) electrons. The molecule has 1 fully saturated rings. The molecule has 4 heterocycles. The number of carbonyl (C=O) groups excluding carboxylic acids is 3. The van der Waals surface area contributed by atoms with Crippen molar-refractivity contribution in [3.8, 4) is 22.6 Å². The first-order valence-corrected chi connectivity index (χ1v) is 10.9. The minimum atomic E-state index is -0.615. The Morgan fingerprint density at radius 1 is 1.03 bits per heavy atom. The number of nitrogens with one attached hydrogen (secondary N) is 2. The third-order valence-electron chi connectivity index (χ3n) is 6.51. The van der Waals surface area contributed by atoms with Crippen molar-refractivity contribution in [1.29, 1.82) is 0 Å². The van der Waals surface area contributed by atoms with Gasteiger partial charge in [-0.05, 0) is 48.4 Å². The van der Waals surface area contributed by atoms with Crippen molar-refractivity contribution in [2.45, 2.75) is 25.4 Å². The number of rotatable bonds is 3. The van der Waals surface area contributed by atoms with E-state index in [0.717, 1.165) is 39.1 Å². The molecule has 1 unspecified atom stereocenters. The Balaban J connectivity index is 1.30. The molecule has 2 aromatic carbocycles. The first-order chi connectivity index (χ1) is 16.0. The number of H-pyrrole nitrogens is 1. The van der Waals surface area contributed by atoms with Gasteiger partial charge in [0.05, 0.1) is 5.69 Å². The number of imidazole rings is 1. The summed E-state index contributed by atoms with van der Waals surface area (Å²) in [4.78, 5) is 46.3. The lowest BCUT2D eigenvalue weighted by Gasteiger charge is -2.29. The quantitative estimate of drug-likeness (QED) is 0.479. The normalized spacial score (nSPS) is 18.2. The molecule has 2 aromatic heterocycles. The molecule has 33 heavy (non-hydrogen) atoms. The van der Waals surface area contributed by atoms with Crippen LogP contribution in [0.4, 0.5) is 0 Å². The molecule has 1 atom stereocenters. The molecule has 1 saturated heterocycles. The largest absolute Gasteiger partial charge is 0.361 e. The van der Waals surface area contributed by atoms with Crippen molar-refractivity contribution in [1.82, 2.24) is 24.8 Å². The summed E-state index contributed by atoms with van der Waals surface area (Å²) in [6.07, 6.45) is 4.49. The monoisotopic (exact) mass is 439 g/mol. The van der Waals surface area contributed by atoms with Crippen LogP contribution in [0, 0.1) is 0 Å². The summed E-state index contributed by atoms with van der Waals surface area (Å²) >= 11 is 0. The summed E-state index contributed by atoms with van der Waals surface area (Å²) < 4.78 is 2.00. The van der Waals surface area contributed by atoms with E-state index in [4.69, 9.17) is 4.98 Å². The van der Waals surface area contributed by atoms with E-state index in [0.29, 0.717) is 18.5 Å². The van der Waals surface area contributed by atoms with Crippen LogP contribution >= 0.6 is 0 Å².